The Morgan fingerprint density at radius 3 is 2.33 bits per heavy atom. The summed E-state index contributed by atoms with van der Waals surface area (Å²) < 4.78 is 5.73. The summed E-state index contributed by atoms with van der Waals surface area (Å²) in [4.78, 5) is 38.4. The third kappa shape index (κ3) is 10.1. The van der Waals surface area contributed by atoms with Gasteiger partial charge in [0.1, 0.15) is 11.9 Å². The van der Waals surface area contributed by atoms with Gasteiger partial charge in [-0.2, -0.15) is 0 Å². The van der Waals surface area contributed by atoms with Gasteiger partial charge in [-0.05, 0) is 66.8 Å². The lowest BCUT2D eigenvalue weighted by atomic mass is 10.0. The van der Waals surface area contributed by atoms with Crippen LogP contribution in [0.5, 0.6) is 5.75 Å². The number of nitrogens with one attached hydrogen (secondary N) is 4. The quantitative estimate of drug-likeness (QED) is 0.0703. The zero-order valence-corrected chi connectivity index (χ0v) is 27.5. The van der Waals surface area contributed by atoms with E-state index in [0.717, 1.165) is 29.8 Å². The number of phenolic OH excluding ortho intramolecular Hbond substituents is 1. The topological polar surface area (TPSA) is 152 Å². The van der Waals surface area contributed by atoms with Crippen molar-refractivity contribution in [3.8, 4) is 16.9 Å². The molecule has 11 heteroatoms. The van der Waals surface area contributed by atoms with Crippen LogP contribution < -0.4 is 21.3 Å². The fourth-order valence-electron chi connectivity index (χ4n) is 5.81. The number of aromatic hydroxyl groups is 1. The van der Waals surface area contributed by atoms with Crippen LogP contribution in [0.25, 0.3) is 11.1 Å². The molecule has 1 aliphatic heterocycles. The normalized spacial score (nSPS) is 14.7. The number of carbonyl (C=O) groups is 3. The second kappa shape index (κ2) is 17.3. The predicted octanol–water partition coefficient (Wildman–Crippen LogP) is 6.05. The zero-order chi connectivity index (χ0) is 34.6. The van der Waals surface area contributed by atoms with Gasteiger partial charge < -0.3 is 35.8 Å². The highest BCUT2D eigenvalue weighted by atomic mass is 16.6. The smallest absolute Gasteiger partial charge is 0.411 e. The highest BCUT2D eigenvalue weighted by Crippen LogP contribution is 2.29. The Morgan fingerprint density at radius 1 is 0.898 bits per heavy atom. The monoisotopic (exact) mass is 665 g/mol. The summed E-state index contributed by atoms with van der Waals surface area (Å²) in [5, 5.41) is 32.0. The first kappa shape index (κ1) is 35.1. The molecule has 0 aliphatic carbocycles. The zero-order valence-electron chi connectivity index (χ0n) is 27.5. The van der Waals surface area contributed by atoms with E-state index in [0.29, 0.717) is 49.2 Å². The van der Waals surface area contributed by atoms with Crippen molar-refractivity contribution in [1.82, 2.24) is 10.2 Å². The molecule has 0 saturated carbocycles. The molecule has 0 aromatic heterocycles. The molecule has 11 nitrogen and oxygen atoms in total. The minimum absolute atomic E-state index is 0.0748. The average molecular weight is 666 g/mol. The lowest BCUT2D eigenvalue weighted by molar-refractivity contribution is -0.116. The fourth-order valence-corrected chi connectivity index (χ4v) is 5.81. The van der Waals surface area contributed by atoms with Gasteiger partial charge in [0.2, 0.25) is 12.3 Å². The molecule has 4 aromatic carbocycles. The van der Waals surface area contributed by atoms with Gasteiger partial charge in [0.15, 0.2) is 0 Å². The molecule has 5 rings (SSSR count). The first-order valence-electron chi connectivity index (χ1n) is 16.5. The fraction of sp³-hybridized carbons (Fsp3) is 0.289. The number of carbonyl (C=O) groups excluding carboxylic acids is 3. The second-order valence-corrected chi connectivity index (χ2v) is 12.1. The van der Waals surface area contributed by atoms with Crippen molar-refractivity contribution in [3.05, 3.63) is 108 Å². The maximum Gasteiger partial charge on any atom is 0.411 e. The Kier molecular flexibility index (Phi) is 12.4. The SMILES string of the molecule is C[C@@H](NCC(O)c1ccc(O)c(NC=O)c1)c1ccc(NC(=O)CCN2CCC(OC(=O)Nc3ccccc3-c3ccccc3)CC2)cc1. The van der Waals surface area contributed by atoms with Gasteiger partial charge in [-0.3, -0.25) is 14.9 Å². The molecule has 1 fully saturated rings. The molecule has 6 N–H and O–H groups in total. The van der Waals surface area contributed by atoms with Crippen molar-refractivity contribution in [1.29, 1.82) is 0 Å². The van der Waals surface area contributed by atoms with Crippen LogP contribution >= 0.6 is 0 Å². The van der Waals surface area contributed by atoms with Crippen LogP contribution in [-0.2, 0) is 14.3 Å². The molecule has 1 saturated heterocycles. The Labute approximate surface area is 286 Å². The number of aliphatic hydroxyl groups is 1. The van der Waals surface area contributed by atoms with Crippen molar-refractivity contribution < 1.29 is 29.3 Å². The van der Waals surface area contributed by atoms with Crippen LogP contribution in [0.4, 0.5) is 21.9 Å². The number of rotatable bonds is 14. The van der Waals surface area contributed by atoms with Gasteiger partial charge in [-0.1, -0.05) is 66.7 Å². The maximum absolute atomic E-state index is 12.7. The first-order chi connectivity index (χ1) is 23.8. The maximum atomic E-state index is 12.7. The number of para-hydroxylation sites is 1. The molecular weight excluding hydrogens is 622 g/mol. The Bertz CT molecular complexity index is 1690. The van der Waals surface area contributed by atoms with E-state index in [4.69, 9.17) is 4.74 Å². The number of piperidine rings is 1. The van der Waals surface area contributed by atoms with Gasteiger partial charge in [-0.25, -0.2) is 4.79 Å². The number of amides is 3. The second-order valence-electron chi connectivity index (χ2n) is 12.1. The van der Waals surface area contributed by atoms with Gasteiger partial charge in [-0.15, -0.1) is 0 Å². The van der Waals surface area contributed by atoms with E-state index in [-0.39, 0.29) is 36.0 Å². The van der Waals surface area contributed by atoms with Crippen LogP contribution in [0.15, 0.2) is 97.1 Å². The molecule has 49 heavy (non-hydrogen) atoms. The number of ether oxygens (including phenoxy) is 1. The Hall–Kier alpha value is -5.23. The van der Waals surface area contributed by atoms with Gasteiger partial charge in [0.25, 0.3) is 0 Å². The Morgan fingerprint density at radius 2 is 1.59 bits per heavy atom. The molecule has 0 spiro atoms. The highest BCUT2D eigenvalue weighted by molar-refractivity contribution is 5.92. The lowest BCUT2D eigenvalue weighted by Crippen LogP contribution is -2.39. The minimum atomic E-state index is -0.847. The summed E-state index contributed by atoms with van der Waals surface area (Å²) in [6.45, 7) is 4.32. The molecule has 4 aromatic rings. The predicted molar refractivity (Wildman–Crippen MR) is 190 cm³/mol. The van der Waals surface area contributed by atoms with Crippen molar-refractivity contribution in [3.63, 3.8) is 0 Å². The number of hydrogen-bond donors (Lipinski definition) is 6. The van der Waals surface area contributed by atoms with Gasteiger partial charge in [0.05, 0.1) is 17.5 Å². The molecule has 1 aliphatic rings. The first-order valence-corrected chi connectivity index (χ1v) is 16.5. The van der Waals surface area contributed by atoms with Crippen LogP contribution in [0.2, 0.25) is 0 Å². The highest BCUT2D eigenvalue weighted by Gasteiger charge is 2.23. The van der Waals surface area contributed by atoms with Crippen LogP contribution in [0.3, 0.4) is 0 Å². The van der Waals surface area contributed by atoms with Gasteiger partial charge in [0, 0.05) is 49.9 Å². The number of anilines is 3. The molecule has 2 atom stereocenters. The number of likely N-dealkylation sites (tertiary alicyclic amines) is 1. The number of hydrogen-bond acceptors (Lipinski definition) is 8. The van der Waals surface area contributed by atoms with Crippen LogP contribution in [0.1, 0.15) is 49.5 Å². The van der Waals surface area contributed by atoms with Crippen molar-refractivity contribution >= 4 is 35.5 Å². The van der Waals surface area contributed by atoms with E-state index in [1.165, 1.54) is 12.1 Å². The molecule has 256 valence electrons. The summed E-state index contributed by atoms with van der Waals surface area (Å²) in [5.74, 6) is -0.152. The Balaban J connectivity index is 0.996. The van der Waals surface area contributed by atoms with Crippen molar-refractivity contribution in [2.45, 2.75) is 44.4 Å². The van der Waals surface area contributed by atoms with E-state index in [1.54, 1.807) is 6.07 Å². The van der Waals surface area contributed by atoms with Crippen molar-refractivity contribution in [2.75, 3.05) is 42.1 Å². The molecule has 1 unspecified atom stereocenters. The van der Waals surface area contributed by atoms with E-state index >= 15 is 0 Å². The van der Waals surface area contributed by atoms with E-state index < -0.39 is 12.2 Å². The number of benzene rings is 4. The third-order valence-electron chi connectivity index (χ3n) is 8.64. The number of nitrogens with zero attached hydrogens (tertiary/aromatic N) is 1. The summed E-state index contributed by atoms with van der Waals surface area (Å²) in [7, 11) is 0. The average Bonchev–Trinajstić information content (AvgIpc) is 3.12. The number of phenols is 1. The summed E-state index contributed by atoms with van der Waals surface area (Å²) in [6.07, 6.45) is 0.726. The van der Waals surface area contributed by atoms with Crippen LogP contribution in [0, 0.1) is 0 Å². The van der Waals surface area contributed by atoms with E-state index in [9.17, 15) is 24.6 Å². The summed E-state index contributed by atoms with van der Waals surface area (Å²) in [6, 6.07) is 29.6. The lowest BCUT2D eigenvalue weighted by Gasteiger charge is -2.31. The molecule has 3 amide bonds. The molecule has 0 radical (unpaired) electrons. The minimum Gasteiger partial charge on any atom is -0.506 e. The molecule has 1 heterocycles. The number of aliphatic hydroxyl groups excluding tert-OH is 1. The van der Waals surface area contributed by atoms with Crippen molar-refractivity contribution in [2.24, 2.45) is 0 Å². The van der Waals surface area contributed by atoms with Gasteiger partial charge >= 0.3 is 6.09 Å². The van der Waals surface area contributed by atoms with Crippen LogP contribution in [-0.4, -0.2) is 65.8 Å². The molecule has 0 bridgehead atoms. The van der Waals surface area contributed by atoms with E-state index in [2.05, 4.69) is 26.2 Å². The largest absolute Gasteiger partial charge is 0.506 e. The molecular formula is C38H43N5O6. The standard InChI is InChI=1S/C38H43N5O6/c1-26(39-24-36(46)29-13-16-35(45)34(23-29)40-25-44)27-11-14-30(15-12-27)41-37(47)19-22-43-20-17-31(18-21-43)49-38(48)42-33-10-6-5-9-32(33)28-7-3-2-4-8-28/h2-16,23,25-26,31,36,39,45-46H,17-22,24H2,1H3,(H,40,44)(H,41,47)(H,42,48)/t26-,36?/m1/s1. The van der Waals surface area contributed by atoms with E-state index in [1.807, 2.05) is 85.8 Å². The summed E-state index contributed by atoms with van der Waals surface area (Å²) in [5.41, 5.74) is 5.12. The summed E-state index contributed by atoms with van der Waals surface area (Å²) >= 11 is 0. The third-order valence-corrected chi connectivity index (χ3v) is 8.64.